The van der Waals surface area contributed by atoms with Gasteiger partial charge in [0.15, 0.2) is 5.78 Å². The van der Waals surface area contributed by atoms with Crippen molar-refractivity contribution in [2.75, 3.05) is 13.1 Å². The van der Waals surface area contributed by atoms with Crippen LogP contribution in [0, 0.1) is 5.92 Å². The van der Waals surface area contributed by atoms with E-state index in [1.807, 2.05) is 32.0 Å². The molecule has 0 unspecified atom stereocenters. The molecule has 0 amide bonds. The van der Waals surface area contributed by atoms with Gasteiger partial charge in [0.2, 0.25) is 0 Å². The van der Waals surface area contributed by atoms with Crippen molar-refractivity contribution in [3.05, 3.63) is 62.4 Å². The first-order chi connectivity index (χ1) is 12.9. The molecule has 1 aromatic carbocycles. The van der Waals surface area contributed by atoms with Gasteiger partial charge in [-0.2, -0.15) is 0 Å². The molecule has 144 valence electrons. The van der Waals surface area contributed by atoms with Gasteiger partial charge in [0.25, 0.3) is 5.56 Å². The minimum absolute atomic E-state index is 0.0518. The van der Waals surface area contributed by atoms with Gasteiger partial charge in [-0.1, -0.05) is 12.1 Å². The van der Waals surface area contributed by atoms with Gasteiger partial charge in [-0.05, 0) is 45.4 Å². The fourth-order valence-electron chi connectivity index (χ4n) is 3.44. The average Bonchev–Trinajstić information content (AvgIpc) is 2.63. The number of nitrogens with one attached hydrogen (secondary N) is 2. The van der Waals surface area contributed by atoms with E-state index in [0.717, 1.165) is 19.4 Å². The zero-order valence-electron chi connectivity index (χ0n) is 15.7. The van der Waals surface area contributed by atoms with Crippen molar-refractivity contribution in [3.8, 4) is 5.75 Å². The van der Waals surface area contributed by atoms with E-state index in [1.54, 1.807) is 6.07 Å². The lowest BCUT2D eigenvalue weighted by atomic mass is 9.90. The van der Waals surface area contributed by atoms with Crippen LogP contribution >= 0.6 is 0 Å². The third-order valence-corrected chi connectivity index (χ3v) is 4.66. The fourth-order valence-corrected chi connectivity index (χ4v) is 3.44. The van der Waals surface area contributed by atoms with E-state index in [4.69, 9.17) is 4.74 Å². The van der Waals surface area contributed by atoms with Crippen molar-refractivity contribution in [3.63, 3.8) is 0 Å². The second kappa shape index (κ2) is 8.35. The number of H-pyrrole nitrogens is 2. The standard InChI is InChI=1S/C20H25N3O4/c1-13(2)27-17-7-3-5-14(9-17)18(24)15-6-4-8-23(11-15)12-16-10-21-20(26)22-19(16)25/h3,5,7,9-10,13,15H,4,6,8,11-12H2,1-2H3,(H2,21,22,25,26)/t15-/m1/s1. The molecule has 1 atom stereocenters. The van der Waals surface area contributed by atoms with Crippen LogP contribution in [0.4, 0.5) is 0 Å². The minimum Gasteiger partial charge on any atom is -0.491 e. The van der Waals surface area contributed by atoms with Crippen LogP contribution in [0.15, 0.2) is 40.1 Å². The summed E-state index contributed by atoms with van der Waals surface area (Å²) in [5.74, 6) is 0.683. The fraction of sp³-hybridized carbons (Fsp3) is 0.450. The zero-order chi connectivity index (χ0) is 19.4. The second-order valence-corrected chi connectivity index (χ2v) is 7.23. The van der Waals surface area contributed by atoms with E-state index in [9.17, 15) is 14.4 Å². The molecule has 0 bridgehead atoms. The van der Waals surface area contributed by atoms with E-state index in [0.29, 0.717) is 30.0 Å². The number of carbonyl (C=O) groups is 1. The Kier molecular flexibility index (Phi) is 5.91. The molecule has 0 aliphatic carbocycles. The molecule has 3 rings (SSSR count). The maximum Gasteiger partial charge on any atom is 0.325 e. The number of nitrogens with zero attached hydrogens (tertiary/aromatic N) is 1. The van der Waals surface area contributed by atoms with Gasteiger partial charge in [0, 0.05) is 36.3 Å². The highest BCUT2D eigenvalue weighted by Crippen LogP contribution is 2.24. The number of Topliss-reactive ketones (excluding diaryl/α,β-unsaturated/α-hetero) is 1. The molecule has 7 heteroatoms. The number of hydrogen-bond donors (Lipinski definition) is 2. The normalized spacial score (nSPS) is 17.8. The van der Waals surface area contributed by atoms with E-state index in [1.165, 1.54) is 6.20 Å². The third-order valence-electron chi connectivity index (χ3n) is 4.66. The van der Waals surface area contributed by atoms with E-state index in [-0.39, 0.29) is 23.4 Å². The molecule has 2 aromatic rings. The lowest BCUT2D eigenvalue weighted by molar-refractivity contribution is 0.0810. The predicted octanol–water partition coefficient (Wildman–Crippen LogP) is 1.95. The van der Waals surface area contributed by atoms with Crippen LogP contribution in [0.25, 0.3) is 0 Å². The minimum atomic E-state index is -0.515. The van der Waals surface area contributed by atoms with Crippen LogP contribution in [0.5, 0.6) is 5.75 Å². The number of rotatable bonds is 6. The molecule has 0 radical (unpaired) electrons. The van der Waals surface area contributed by atoms with Gasteiger partial charge in [-0.15, -0.1) is 0 Å². The van der Waals surface area contributed by atoms with Crippen molar-refractivity contribution in [2.45, 2.75) is 39.3 Å². The van der Waals surface area contributed by atoms with Gasteiger partial charge in [0.1, 0.15) is 5.75 Å². The number of aromatic nitrogens is 2. The van der Waals surface area contributed by atoms with Crippen molar-refractivity contribution < 1.29 is 9.53 Å². The number of ketones is 1. The topological polar surface area (TPSA) is 95.3 Å². The SMILES string of the molecule is CC(C)Oc1cccc(C(=O)[C@@H]2CCCN(Cc3c[nH]c(=O)[nH]c3=O)C2)c1. The van der Waals surface area contributed by atoms with Crippen LogP contribution in [0.1, 0.15) is 42.6 Å². The molecule has 2 N–H and O–H groups in total. The van der Waals surface area contributed by atoms with Crippen molar-refractivity contribution in [1.82, 2.24) is 14.9 Å². The van der Waals surface area contributed by atoms with Crippen molar-refractivity contribution in [2.24, 2.45) is 5.92 Å². The van der Waals surface area contributed by atoms with Crippen molar-refractivity contribution in [1.29, 1.82) is 0 Å². The molecule has 1 aliphatic rings. The molecule has 2 heterocycles. The maximum absolute atomic E-state index is 12.9. The van der Waals surface area contributed by atoms with E-state index >= 15 is 0 Å². The highest BCUT2D eigenvalue weighted by Gasteiger charge is 2.27. The van der Waals surface area contributed by atoms with E-state index in [2.05, 4.69) is 14.9 Å². The molecular formula is C20H25N3O4. The predicted molar refractivity (Wildman–Crippen MR) is 102 cm³/mol. The molecule has 0 saturated carbocycles. The number of aromatic amines is 2. The molecule has 0 spiro atoms. The monoisotopic (exact) mass is 371 g/mol. The molecule has 1 fully saturated rings. The molecule has 7 nitrogen and oxygen atoms in total. The Morgan fingerprint density at radius 2 is 2.15 bits per heavy atom. The third kappa shape index (κ3) is 4.95. The van der Waals surface area contributed by atoms with E-state index < -0.39 is 5.69 Å². The smallest absolute Gasteiger partial charge is 0.325 e. The number of likely N-dealkylation sites (tertiary alicyclic amines) is 1. The maximum atomic E-state index is 12.9. The summed E-state index contributed by atoms with van der Waals surface area (Å²) in [6.07, 6.45) is 3.21. The Morgan fingerprint density at radius 3 is 2.89 bits per heavy atom. The van der Waals surface area contributed by atoms with Crippen LogP contribution in [-0.2, 0) is 6.54 Å². The quantitative estimate of drug-likeness (QED) is 0.757. The summed E-state index contributed by atoms with van der Waals surface area (Å²) >= 11 is 0. The van der Waals surface area contributed by atoms with Crippen LogP contribution in [0.2, 0.25) is 0 Å². The van der Waals surface area contributed by atoms with Crippen LogP contribution in [0.3, 0.4) is 0 Å². The summed E-state index contributed by atoms with van der Waals surface area (Å²) in [7, 11) is 0. The first-order valence-electron chi connectivity index (χ1n) is 9.26. The van der Waals surface area contributed by atoms with Crippen LogP contribution < -0.4 is 16.0 Å². The summed E-state index contributed by atoms with van der Waals surface area (Å²) in [6, 6.07) is 7.31. The Hall–Kier alpha value is -2.67. The van der Waals surface area contributed by atoms with Crippen LogP contribution in [-0.4, -0.2) is 39.8 Å². The summed E-state index contributed by atoms with van der Waals surface area (Å²) in [5.41, 5.74) is 0.251. The zero-order valence-corrected chi connectivity index (χ0v) is 15.7. The van der Waals surface area contributed by atoms with Crippen molar-refractivity contribution >= 4 is 5.78 Å². The van der Waals surface area contributed by atoms with Gasteiger partial charge in [0.05, 0.1) is 6.10 Å². The number of carbonyl (C=O) groups excluding carboxylic acids is 1. The average molecular weight is 371 g/mol. The molecule has 1 aromatic heterocycles. The second-order valence-electron chi connectivity index (χ2n) is 7.23. The molecule has 27 heavy (non-hydrogen) atoms. The summed E-state index contributed by atoms with van der Waals surface area (Å²) in [6.45, 7) is 5.72. The van der Waals surface area contributed by atoms with Gasteiger partial charge < -0.3 is 9.72 Å². The van der Waals surface area contributed by atoms with Gasteiger partial charge in [-0.3, -0.25) is 19.5 Å². The first-order valence-corrected chi connectivity index (χ1v) is 9.26. The lowest BCUT2D eigenvalue weighted by Crippen LogP contribution is -2.40. The Bertz CT molecular complexity index is 916. The number of ether oxygens (including phenoxy) is 1. The highest BCUT2D eigenvalue weighted by atomic mass is 16.5. The summed E-state index contributed by atoms with van der Waals surface area (Å²) in [5, 5.41) is 0. The highest BCUT2D eigenvalue weighted by molar-refractivity contribution is 5.98. The lowest BCUT2D eigenvalue weighted by Gasteiger charge is -2.31. The summed E-state index contributed by atoms with van der Waals surface area (Å²) in [4.78, 5) is 42.8. The number of piperidine rings is 1. The molecule has 1 saturated heterocycles. The largest absolute Gasteiger partial charge is 0.491 e. The Morgan fingerprint density at radius 1 is 1.33 bits per heavy atom. The molecular weight excluding hydrogens is 346 g/mol. The Balaban J connectivity index is 1.69. The van der Waals surface area contributed by atoms with Gasteiger partial charge >= 0.3 is 5.69 Å². The molecule has 1 aliphatic heterocycles. The Labute approximate surface area is 157 Å². The first kappa shape index (κ1) is 19.1. The number of hydrogen-bond acceptors (Lipinski definition) is 5. The summed E-state index contributed by atoms with van der Waals surface area (Å²) < 4.78 is 5.69. The number of benzene rings is 1. The van der Waals surface area contributed by atoms with Gasteiger partial charge in [-0.25, -0.2) is 4.79 Å².